The second-order valence-corrected chi connectivity index (χ2v) is 17.4. The highest BCUT2D eigenvalue weighted by molar-refractivity contribution is 6.77. The van der Waals surface area contributed by atoms with Gasteiger partial charge in [-0.05, 0) is 27.8 Å². The Morgan fingerprint density at radius 3 is 1.73 bits per heavy atom. The molecule has 40 heavy (non-hydrogen) atoms. The molecular formula is C32H48O7Si. The molecule has 0 aromatic heterocycles. The van der Waals surface area contributed by atoms with Crippen molar-refractivity contribution in [3.8, 4) is 0 Å². The maximum Gasteiger partial charge on any atom is 0.282 e. The minimum absolute atomic E-state index is 0.391. The van der Waals surface area contributed by atoms with E-state index < -0.39 is 45.0 Å². The van der Waals surface area contributed by atoms with Gasteiger partial charge in [0.2, 0.25) is 0 Å². The number of hydrogen-bond acceptors (Lipinski definition) is 7. The maximum atomic E-state index is 7.02. The van der Waals surface area contributed by atoms with Crippen LogP contribution in [0.1, 0.15) is 59.6 Å². The largest absolute Gasteiger partial charge is 0.413 e. The Labute approximate surface area is 241 Å². The molecule has 2 aliphatic heterocycles. The van der Waals surface area contributed by atoms with Gasteiger partial charge in [-0.25, -0.2) is 0 Å². The summed E-state index contributed by atoms with van der Waals surface area (Å²) in [5, 5.41) is 0. The van der Waals surface area contributed by atoms with Gasteiger partial charge in [0, 0.05) is 14.0 Å². The molecule has 0 spiro atoms. The third-order valence-electron chi connectivity index (χ3n) is 8.42. The lowest BCUT2D eigenvalue weighted by atomic mass is 9.98. The van der Waals surface area contributed by atoms with Crippen LogP contribution in [0.3, 0.4) is 0 Å². The average molecular weight is 573 g/mol. The third-order valence-corrected chi connectivity index (χ3v) is 14.5. The molecule has 0 saturated carbocycles. The standard InChI is InChI=1S/C32H48O7Si/c1-22(2)40(23(3)4,24(5)6)36-21-27-28(34-19-25-15-11-9-12-16-25)29(35-20-26-17-13-10-14-18-26)30-31(37-27)39-32(7,33-8)38-30/h9-18,22-24,27-31H,19-21H2,1-8H3/t27?,28-,29?,30?,31-,32?/m1/s1. The zero-order chi connectivity index (χ0) is 28.9. The minimum atomic E-state index is -2.16. The molecular weight excluding hydrogens is 524 g/mol. The summed E-state index contributed by atoms with van der Waals surface area (Å²) >= 11 is 0. The Morgan fingerprint density at radius 2 is 1.25 bits per heavy atom. The first kappa shape index (κ1) is 31.3. The zero-order valence-electron chi connectivity index (χ0n) is 25.4. The highest BCUT2D eigenvalue weighted by Gasteiger charge is 2.58. The quantitative estimate of drug-likeness (QED) is 0.244. The Kier molecular flexibility index (Phi) is 10.6. The van der Waals surface area contributed by atoms with Crippen LogP contribution in [-0.4, -0.2) is 58.7 Å². The number of fused-ring (bicyclic) bond motifs is 1. The van der Waals surface area contributed by atoms with Crippen LogP contribution in [-0.2, 0) is 46.1 Å². The van der Waals surface area contributed by atoms with Gasteiger partial charge >= 0.3 is 0 Å². The van der Waals surface area contributed by atoms with Crippen LogP contribution in [0.15, 0.2) is 60.7 Å². The monoisotopic (exact) mass is 572 g/mol. The van der Waals surface area contributed by atoms with E-state index in [1.54, 1.807) is 14.0 Å². The molecule has 2 fully saturated rings. The first-order chi connectivity index (χ1) is 19.1. The van der Waals surface area contributed by atoms with Crippen LogP contribution < -0.4 is 0 Å². The van der Waals surface area contributed by atoms with E-state index in [0.29, 0.717) is 36.4 Å². The molecule has 4 unspecified atom stereocenters. The first-order valence-corrected chi connectivity index (χ1v) is 16.7. The average Bonchev–Trinajstić information content (AvgIpc) is 3.28. The summed E-state index contributed by atoms with van der Waals surface area (Å²) in [6.07, 6.45) is -2.55. The van der Waals surface area contributed by atoms with Gasteiger partial charge in [0.05, 0.1) is 19.8 Å². The Balaban J connectivity index is 1.65. The highest BCUT2D eigenvalue weighted by atomic mass is 28.4. The molecule has 7 nitrogen and oxygen atoms in total. The van der Waals surface area contributed by atoms with E-state index in [-0.39, 0.29) is 0 Å². The Hall–Kier alpha value is -1.62. The number of hydrogen-bond donors (Lipinski definition) is 0. The fraction of sp³-hybridized carbons (Fsp3) is 0.625. The molecule has 8 heteroatoms. The van der Waals surface area contributed by atoms with Crippen molar-refractivity contribution in [3.05, 3.63) is 71.8 Å². The topological polar surface area (TPSA) is 64.6 Å². The Bertz CT molecular complexity index is 1010. The SMILES string of the molecule is COC1(C)OC2C(OCc3ccccc3)[C@H](OCc3ccccc3)C(CO[Si](C(C)C)(C(C)C)C(C)C)O[C@@H]2O1. The summed E-state index contributed by atoms with van der Waals surface area (Å²) < 4.78 is 44.9. The van der Waals surface area contributed by atoms with Crippen molar-refractivity contribution >= 4 is 8.32 Å². The summed E-state index contributed by atoms with van der Waals surface area (Å²) in [4.78, 5) is 0. The van der Waals surface area contributed by atoms with Crippen LogP contribution in [0.5, 0.6) is 0 Å². The number of ether oxygens (including phenoxy) is 6. The summed E-state index contributed by atoms with van der Waals surface area (Å²) in [6.45, 7) is 16.7. The molecule has 0 bridgehead atoms. The summed E-state index contributed by atoms with van der Waals surface area (Å²) in [5.74, 6) is -1.24. The van der Waals surface area contributed by atoms with E-state index in [9.17, 15) is 0 Å². The van der Waals surface area contributed by atoms with Crippen molar-refractivity contribution in [3.63, 3.8) is 0 Å². The summed E-state index contributed by atoms with van der Waals surface area (Å²) in [6, 6.07) is 20.3. The molecule has 6 atom stereocenters. The van der Waals surface area contributed by atoms with Crippen LogP contribution in [0.2, 0.25) is 16.6 Å². The fourth-order valence-electron chi connectivity index (χ4n) is 6.47. The van der Waals surface area contributed by atoms with Crippen molar-refractivity contribution in [2.45, 2.75) is 115 Å². The van der Waals surface area contributed by atoms with Crippen LogP contribution in [0.4, 0.5) is 0 Å². The lowest BCUT2D eigenvalue weighted by Gasteiger charge is -2.46. The first-order valence-electron chi connectivity index (χ1n) is 14.6. The van der Waals surface area contributed by atoms with Crippen molar-refractivity contribution < 1.29 is 32.8 Å². The molecule has 0 N–H and O–H groups in total. The lowest BCUT2D eigenvalue weighted by Crippen LogP contribution is -2.60. The van der Waals surface area contributed by atoms with Gasteiger partial charge in [0.25, 0.3) is 5.97 Å². The molecule has 2 aromatic carbocycles. The fourth-order valence-corrected chi connectivity index (χ4v) is 11.9. The van der Waals surface area contributed by atoms with Crippen LogP contribution in [0.25, 0.3) is 0 Å². The van der Waals surface area contributed by atoms with Gasteiger partial charge in [0.1, 0.15) is 24.4 Å². The highest BCUT2D eigenvalue weighted by Crippen LogP contribution is 2.44. The number of methoxy groups -OCH3 is 1. The Morgan fingerprint density at radius 1 is 0.750 bits per heavy atom. The van der Waals surface area contributed by atoms with Crippen LogP contribution >= 0.6 is 0 Å². The van der Waals surface area contributed by atoms with Crippen molar-refractivity contribution in [1.29, 1.82) is 0 Å². The zero-order valence-corrected chi connectivity index (χ0v) is 26.4. The molecule has 2 heterocycles. The van der Waals surface area contributed by atoms with E-state index in [1.165, 1.54) is 0 Å². The van der Waals surface area contributed by atoms with E-state index in [1.807, 2.05) is 36.4 Å². The predicted molar refractivity (Wildman–Crippen MR) is 157 cm³/mol. The summed E-state index contributed by atoms with van der Waals surface area (Å²) in [5.41, 5.74) is 3.48. The van der Waals surface area contributed by atoms with Gasteiger partial charge in [0.15, 0.2) is 14.6 Å². The summed E-state index contributed by atoms with van der Waals surface area (Å²) in [7, 11) is -0.599. The van der Waals surface area contributed by atoms with E-state index in [0.717, 1.165) is 11.1 Å². The van der Waals surface area contributed by atoms with Gasteiger partial charge < -0.3 is 28.1 Å². The maximum absolute atomic E-state index is 7.02. The molecule has 0 amide bonds. The van der Waals surface area contributed by atoms with Crippen molar-refractivity contribution in [2.75, 3.05) is 13.7 Å². The molecule has 0 radical (unpaired) electrons. The van der Waals surface area contributed by atoms with E-state index in [4.69, 9.17) is 32.8 Å². The second-order valence-electron chi connectivity index (χ2n) is 12.0. The van der Waals surface area contributed by atoms with E-state index >= 15 is 0 Å². The number of rotatable bonds is 13. The molecule has 2 saturated heterocycles. The molecule has 2 aliphatic rings. The smallest absolute Gasteiger partial charge is 0.282 e. The van der Waals surface area contributed by atoms with Gasteiger partial charge in [-0.2, -0.15) is 0 Å². The van der Waals surface area contributed by atoms with Gasteiger partial charge in [-0.1, -0.05) is 102 Å². The predicted octanol–water partition coefficient (Wildman–Crippen LogP) is 6.81. The lowest BCUT2D eigenvalue weighted by molar-refractivity contribution is -0.334. The van der Waals surface area contributed by atoms with Gasteiger partial charge in [-0.15, -0.1) is 0 Å². The molecule has 4 rings (SSSR count). The van der Waals surface area contributed by atoms with Crippen molar-refractivity contribution in [1.82, 2.24) is 0 Å². The number of benzene rings is 2. The second kappa shape index (κ2) is 13.6. The van der Waals surface area contributed by atoms with E-state index in [2.05, 4.69) is 65.8 Å². The third kappa shape index (κ3) is 6.87. The minimum Gasteiger partial charge on any atom is -0.413 e. The molecule has 2 aromatic rings. The normalized spacial score (nSPS) is 28.9. The van der Waals surface area contributed by atoms with Crippen LogP contribution in [0, 0.1) is 0 Å². The van der Waals surface area contributed by atoms with Crippen molar-refractivity contribution in [2.24, 2.45) is 0 Å². The van der Waals surface area contributed by atoms with Gasteiger partial charge in [-0.3, -0.25) is 4.74 Å². The molecule has 222 valence electrons. The molecule has 0 aliphatic carbocycles.